The first-order valence-electron chi connectivity index (χ1n) is 9.87. The van der Waals surface area contributed by atoms with Gasteiger partial charge in [0.25, 0.3) is 0 Å². The van der Waals surface area contributed by atoms with Crippen molar-refractivity contribution < 1.29 is 9.15 Å². The molecule has 0 radical (unpaired) electrons. The molecule has 6 nitrogen and oxygen atoms in total. The third-order valence-electron chi connectivity index (χ3n) is 6.10. The van der Waals surface area contributed by atoms with Crippen LogP contribution in [0.1, 0.15) is 50.4 Å². The molecule has 1 fully saturated rings. The average Bonchev–Trinajstić information content (AvgIpc) is 3.00. The Labute approximate surface area is 158 Å². The highest BCUT2D eigenvalue weighted by Gasteiger charge is 2.32. The summed E-state index contributed by atoms with van der Waals surface area (Å²) in [6.07, 6.45) is 4.87. The van der Waals surface area contributed by atoms with Crippen LogP contribution in [-0.2, 0) is 17.8 Å². The second-order valence-corrected chi connectivity index (χ2v) is 8.71. The van der Waals surface area contributed by atoms with Gasteiger partial charge in [0.1, 0.15) is 11.8 Å². The third kappa shape index (κ3) is 2.69. The molecule has 0 bridgehead atoms. The number of hydrogen-bond acceptors (Lipinski definition) is 6. The number of anilines is 1. The largest absolute Gasteiger partial charge is 0.432 e. The topological polar surface area (TPSA) is 64.3 Å². The maximum absolute atomic E-state index is 6.26. The summed E-state index contributed by atoms with van der Waals surface area (Å²) in [5.74, 6) is 1.68. The number of hydrogen-bond donors (Lipinski definition) is 0. The first-order valence-corrected chi connectivity index (χ1v) is 9.87. The molecule has 0 N–H and O–H groups in total. The lowest BCUT2D eigenvalue weighted by Gasteiger charge is -2.32. The van der Waals surface area contributed by atoms with Gasteiger partial charge in [-0.3, -0.25) is 0 Å². The van der Waals surface area contributed by atoms with Gasteiger partial charge in [0.2, 0.25) is 5.71 Å². The van der Waals surface area contributed by atoms with Crippen molar-refractivity contribution in [1.29, 1.82) is 0 Å². The Bertz CT molecular complexity index is 1030. The van der Waals surface area contributed by atoms with Crippen molar-refractivity contribution in [2.75, 3.05) is 18.0 Å². The molecule has 0 amide bonds. The Morgan fingerprint density at radius 1 is 1.15 bits per heavy atom. The Balaban J connectivity index is 1.73. The van der Waals surface area contributed by atoms with Crippen molar-refractivity contribution in [3.8, 4) is 0 Å². The van der Waals surface area contributed by atoms with Crippen molar-refractivity contribution >= 4 is 28.0 Å². The van der Waals surface area contributed by atoms with Gasteiger partial charge in [-0.1, -0.05) is 6.92 Å². The van der Waals surface area contributed by atoms with Crippen molar-refractivity contribution in [3.63, 3.8) is 0 Å². The van der Waals surface area contributed by atoms with E-state index < -0.39 is 0 Å². The molecule has 6 heteroatoms. The van der Waals surface area contributed by atoms with Crippen LogP contribution in [0.3, 0.4) is 0 Å². The summed E-state index contributed by atoms with van der Waals surface area (Å²) >= 11 is 0. The zero-order chi connectivity index (χ0) is 18.8. The maximum atomic E-state index is 6.26. The molecular formula is C21H26N4O2. The summed E-state index contributed by atoms with van der Waals surface area (Å²) in [5.41, 5.74) is 5.55. The maximum Gasteiger partial charge on any atom is 0.229 e. The summed E-state index contributed by atoms with van der Waals surface area (Å²) in [7, 11) is 0. The number of fused-ring (bicyclic) bond motifs is 5. The Morgan fingerprint density at radius 2 is 1.93 bits per heavy atom. The van der Waals surface area contributed by atoms with Gasteiger partial charge in [-0.25, -0.2) is 15.0 Å². The fraction of sp³-hybridized carbons (Fsp3) is 0.571. The highest BCUT2D eigenvalue weighted by atomic mass is 16.5. The molecule has 0 saturated carbocycles. The van der Waals surface area contributed by atoms with Gasteiger partial charge in [0.05, 0.1) is 17.6 Å². The molecule has 0 aromatic carbocycles. The molecule has 0 atom stereocenters. The smallest absolute Gasteiger partial charge is 0.229 e. The van der Waals surface area contributed by atoms with Crippen LogP contribution in [0.2, 0.25) is 0 Å². The zero-order valence-corrected chi connectivity index (χ0v) is 16.5. The van der Waals surface area contributed by atoms with Gasteiger partial charge in [-0.15, -0.1) is 0 Å². The minimum absolute atomic E-state index is 0.198. The van der Waals surface area contributed by atoms with E-state index in [4.69, 9.17) is 14.1 Å². The van der Waals surface area contributed by atoms with Crippen molar-refractivity contribution in [3.05, 3.63) is 23.1 Å². The highest BCUT2D eigenvalue weighted by Crippen LogP contribution is 2.40. The first kappa shape index (κ1) is 16.9. The molecular weight excluding hydrogens is 340 g/mol. The van der Waals surface area contributed by atoms with Crippen LogP contribution in [-0.4, -0.2) is 33.6 Å². The van der Waals surface area contributed by atoms with Crippen LogP contribution in [0.5, 0.6) is 0 Å². The summed E-state index contributed by atoms with van der Waals surface area (Å²) in [6, 6.07) is 0. The Hall–Kier alpha value is -2.21. The van der Waals surface area contributed by atoms with Crippen molar-refractivity contribution in [2.24, 2.45) is 5.92 Å². The van der Waals surface area contributed by atoms with E-state index in [-0.39, 0.29) is 5.60 Å². The van der Waals surface area contributed by atoms with Crippen LogP contribution >= 0.6 is 0 Å². The van der Waals surface area contributed by atoms with E-state index >= 15 is 0 Å². The van der Waals surface area contributed by atoms with Gasteiger partial charge in [-0.05, 0) is 45.1 Å². The average molecular weight is 366 g/mol. The van der Waals surface area contributed by atoms with E-state index in [0.717, 1.165) is 53.4 Å². The van der Waals surface area contributed by atoms with E-state index in [9.17, 15) is 0 Å². The molecule has 3 aromatic rings. The number of aromatic nitrogens is 3. The number of pyridine rings is 1. The number of piperidine rings is 1. The Kier molecular flexibility index (Phi) is 3.69. The molecule has 0 spiro atoms. The lowest BCUT2D eigenvalue weighted by Crippen LogP contribution is -2.33. The van der Waals surface area contributed by atoms with Crippen LogP contribution in [0.4, 0.5) is 5.82 Å². The van der Waals surface area contributed by atoms with E-state index in [0.29, 0.717) is 12.3 Å². The van der Waals surface area contributed by atoms with Crippen molar-refractivity contribution in [1.82, 2.24) is 15.0 Å². The zero-order valence-electron chi connectivity index (χ0n) is 16.5. The number of furan rings is 1. The lowest BCUT2D eigenvalue weighted by atomic mass is 9.89. The number of ether oxygens (including phenoxy) is 1. The summed E-state index contributed by atoms with van der Waals surface area (Å²) in [6.45, 7) is 11.2. The fourth-order valence-electron chi connectivity index (χ4n) is 4.40. The van der Waals surface area contributed by atoms with Gasteiger partial charge in [-0.2, -0.15) is 0 Å². The standard InChI is InChI=1S/C21H26N4O2/c1-12-5-7-25(8-6-12)19-18-17(22-11-23-19)16-14-9-21(3,4)26-10-15(14)13(2)24-20(16)27-18/h11-12H,5-10H2,1-4H3. The van der Waals surface area contributed by atoms with Crippen LogP contribution in [0.15, 0.2) is 10.7 Å². The quantitative estimate of drug-likeness (QED) is 0.644. The van der Waals surface area contributed by atoms with Crippen LogP contribution in [0.25, 0.3) is 22.2 Å². The van der Waals surface area contributed by atoms with Gasteiger partial charge in [0.15, 0.2) is 11.4 Å². The van der Waals surface area contributed by atoms with Gasteiger partial charge >= 0.3 is 0 Å². The molecule has 2 aliphatic heterocycles. The predicted octanol–water partition coefficient (Wildman–Crippen LogP) is 4.17. The van der Waals surface area contributed by atoms with E-state index in [1.165, 1.54) is 24.0 Å². The normalized spacial score (nSPS) is 20.4. The molecule has 3 aromatic heterocycles. The summed E-state index contributed by atoms with van der Waals surface area (Å²) < 4.78 is 12.3. The molecule has 142 valence electrons. The molecule has 5 heterocycles. The second-order valence-electron chi connectivity index (χ2n) is 8.71. The summed E-state index contributed by atoms with van der Waals surface area (Å²) in [5, 5.41) is 1.04. The molecule has 5 rings (SSSR count). The minimum atomic E-state index is -0.198. The molecule has 27 heavy (non-hydrogen) atoms. The number of rotatable bonds is 1. The molecule has 0 unspecified atom stereocenters. The summed E-state index contributed by atoms with van der Waals surface area (Å²) in [4.78, 5) is 16.3. The number of nitrogens with zero attached hydrogens (tertiary/aromatic N) is 4. The van der Waals surface area contributed by atoms with Crippen molar-refractivity contribution in [2.45, 2.75) is 59.2 Å². The third-order valence-corrected chi connectivity index (χ3v) is 6.10. The van der Waals surface area contributed by atoms with Crippen LogP contribution in [0, 0.1) is 12.8 Å². The predicted molar refractivity (Wildman–Crippen MR) is 105 cm³/mol. The van der Waals surface area contributed by atoms with Gasteiger partial charge < -0.3 is 14.1 Å². The van der Waals surface area contributed by atoms with Crippen LogP contribution < -0.4 is 4.90 Å². The first-order chi connectivity index (χ1) is 12.9. The van der Waals surface area contributed by atoms with Gasteiger partial charge in [0, 0.05) is 30.8 Å². The van der Waals surface area contributed by atoms with E-state index in [2.05, 4.69) is 35.6 Å². The second kappa shape index (κ2) is 5.89. The minimum Gasteiger partial charge on any atom is -0.432 e. The Morgan fingerprint density at radius 3 is 2.70 bits per heavy atom. The highest BCUT2D eigenvalue weighted by molar-refractivity contribution is 6.06. The monoisotopic (exact) mass is 366 g/mol. The van der Waals surface area contributed by atoms with E-state index in [1.807, 2.05) is 6.92 Å². The SMILES string of the molecule is Cc1nc2oc3c(N4CCC(C)CC4)ncnc3c2c2c1COC(C)(C)C2. The lowest BCUT2D eigenvalue weighted by molar-refractivity contribution is -0.0400. The molecule has 1 saturated heterocycles. The van der Waals surface area contributed by atoms with E-state index in [1.54, 1.807) is 6.33 Å². The number of aryl methyl sites for hydroxylation is 1. The molecule has 0 aliphatic carbocycles. The molecule has 2 aliphatic rings. The fourth-order valence-corrected chi connectivity index (χ4v) is 4.40.